The van der Waals surface area contributed by atoms with Crippen LogP contribution >= 0.6 is 31.9 Å². The Hall–Kier alpha value is -1.86. The fourth-order valence-electron chi connectivity index (χ4n) is 3.25. The standard InChI is InChI=1S/C18H16B2Br2O5/c1-3-9-10(14(23)6-4-7(21)15(24)8(22)5-6)11-12(19)16(25)18(26-2)13(20)17(11)27-9/h4-5,24-25H,3,19-20H2,1-2H3. The van der Waals surface area contributed by atoms with Crippen molar-refractivity contribution < 1.29 is 24.2 Å². The molecule has 0 spiro atoms. The Morgan fingerprint density at radius 3 is 2.26 bits per heavy atom. The third kappa shape index (κ3) is 3.06. The summed E-state index contributed by atoms with van der Waals surface area (Å²) in [4.78, 5) is 13.3. The van der Waals surface area contributed by atoms with E-state index < -0.39 is 0 Å². The van der Waals surface area contributed by atoms with Crippen LogP contribution in [0.3, 0.4) is 0 Å². The number of aryl methyl sites for hydroxylation is 1. The number of methoxy groups -OCH3 is 1. The number of phenolic OH excluding ortho intramolecular Hbond substituents is 2. The van der Waals surface area contributed by atoms with Crippen molar-refractivity contribution in [3.63, 3.8) is 0 Å². The number of carbonyl (C=O) groups is 1. The lowest BCUT2D eigenvalue weighted by atomic mass is 9.81. The molecule has 0 aliphatic heterocycles. The monoisotopic (exact) mass is 492 g/mol. The maximum atomic E-state index is 13.3. The van der Waals surface area contributed by atoms with Gasteiger partial charge in [-0.1, -0.05) is 6.92 Å². The zero-order valence-electron chi connectivity index (χ0n) is 15.2. The molecule has 138 valence electrons. The van der Waals surface area contributed by atoms with Crippen molar-refractivity contribution in [1.82, 2.24) is 0 Å². The molecule has 0 aliphatic carbocycles. The van der Waals surface area contributed by atoms with Crippen LogP contribution in [0.25, 0.3) is 11.0 Å². The molecule has 5 nitrogen and oxygen atoms in total. The highest BCUT2D eigenvalue weighted by Crippen LogP contribution is 2.36. The number of furan rings is 1. The second kappa shape index (κ2) is 7.28. The number of aromatic hydroxyl groups is 2. The van der Waals surface area contributed by atoms with Crippen molar-refractivity contribution in [2.45, 2.75) is 13.3 Å². The molecule has 3 aromatic rings. The number of halogens is 2. The van der Waals surface area contributed by atoms with Gasteiger partial charge in [-0.25, -0.2) is 0 Å². The largest absolute Gasteiger partial charge is 0.506 e. The average molecular weight is 494 g/mol. The molecule has 0 atom stereocenters. The van der Waals surface area contributed by atoms with Crippen molar-refractivity contribution in [3.8, 4) is 17.2 Å². The highest BCUT2D eigenvalue weighted by molar-refractivity contribution is 9.11. The lowest BCUT2D eigenvalue weighted by Crippen LogP contribution is -2.18. The van der Waals surface area contributed by atoms with Gasteiger partial charge in [0.15, 0.2) is 17.3 Å². The van der Waals surface area contributed by atoms with Crippen LogP contribution in [0.1, 0.15) is 28.6 Å². The van der Waals surface area contributed by atoms with Gasteiger partial charge in [-0.05, 0) is 54.9 Å². The topological polar surface area (TPSA) is 79.9 Å². The quantitative estimate of drug-likeness (QED) is 0.427. The molecular formula is C18H16B2Br2O5. The molecule has 0 radical (unpaired) electrons. The summed E-state index contributed by atoms with van der Waals surface area (Å²) < 4.78 is 12.1. The smallest absolute Gasteiger partial charge is 0.197 e. The van der Waals surface area contributed by atoms with Crippen LogP contribution in [0.15, 0.2) is 25.5 Å². The number of benzene rings is 2. The first-order valence-electron chi connectivity index (χ1n) is 8.27. The molecule has 27 heavy (non-hydrogen) atoms. The lowest BCUT2D eigenvalue weighted by Gasteiger charge is -2.12. The number of ketones is 1. The molecule has 0 amide bonds. The van der Waals surface area contributed by atoms with E-state index in [0.717, 1.165) is 0 Å². The Morgan fingerprint density at radius 1 is 1.15 bits per heavy atom. The molecule has 0 saturated carbocycles. The number of rotatable bonds is 4. The summed E-state index contributed by atoms with van der Waals surface area (Å²) in [6.07, 6.45) is 0.512. The van der Waals surface area contributed by atoms with E-state index in [9.17, 15) is 15.0 Å². The van der Waals surface area contributed by atoms with Crippen LogP contribution < -0.4 is 15.7 Å². The van der Waals surface area contributed by atoms with E-state index in [-0.39, 0.29) is 17.3 Å². The number of fused-ring (bicyclic) bond motifs is 1. The molecule has 1 heterocycles. The zero-order valence-corrected chi connectivity index (χ0v) is 18.4. The Bertz CT molecular complexity index is 1070. The third-order valence-electron chi connectivity index (χ3n) is 4.64. The molecule has 0 fully saturated rings. The van der Waals surface area contributed by atoms with Crippen LogP contribution in [0.4, 0.5) is 0 Å². The van der Waals surface area contributed by atoms with Crippen LogP contribution in [-0.2, 0) is 6.42 Å². The molecule has 0 unspecified atom stereocenters. The minimum absolute atomic E-state index is 0.00642. The minimum Gasteiger partial charge on any atom is -0.506 e. The van der Waals surface area contributed by atoms with Gasteiger partial charge in [0.25, 0.3) is 0 Å². The van der Waals surface area contributed by atoms with Gasteiger partial charge in [0.2, 0.25) is 0 Å². The first kappa shape index (κ1) is 19.9. The van der Waals surface area contributed by atoms with E-state index in [2.05, 4.69) is 31.9 Å². The molecule has 1 aromatic heterocycles. The number of carbonyl (C=O) groups excluding carboxylic acids is 1. The summed E-state index contributed by atoms with van der Waals surface area (Å²) in [7, 11) is 4.99. The van der Waals surface area contributed by atoms with E-state index >= 15 is 0 Å². The number of ether oxygens (including phenoxy) is 1. The molecule has 2 N–H and O–H groups in total. The maximum absolute atomic E-state index is 13.3. The first-order chi connectivity index (χ1) is 12.7. The summed E-state index contributed by atoms with van der Waals surface area (Å²) in [5.41, 5.74) is 2.49. The number of phenols is 2. The molecular weight excluding hydrogens is 478 g/mol. The van der Waals surface area contributed by atoms with E-state index in [1.54, 1.807) is 27.8 Å². The summed E-state index contributed by atoms with van der Waals surface area (Å²) in [5.74, 6) is 0.639. The molecule has 0 saturated heterocycles. The predicted octanol–water partition coefficient (Wildman–Crippen LogP) is 1.69. The Balaban J connectivity index is 2.36. The van der Waals surface area contributed by atoms with Crippen molar-refractivity contribution in [3.05, 3.63) is 38.0 Å². The Labute approximate surface area is 174 Å². The molecule has 0 aliphatic rings. The normalized spacial score (nSPS) is 11.1. The fourth-order valence-corrected chi connectivity index (χ4v) is 4.44. The van der Waals surface area contributed by atoms with Gasteiger partial charge in [-0.15, -0.1) is 0 Å². The molecule has 0 bridgehead atoms. The molecule has 9 heteroatoms. The highest BCUT2D eigenvalue weighted by Gasteiger charge is 2.27. The number of hydrogen-bond donors (Lipinski definition) is 2. The fraction of sp³-hybridized carbons (Fsp3) is 0.167. The van der Waals surface area contributed by atoms with Crippen LogP contribution in [0.5, 0.6) is 17.2 Å². The van der Waals surface area contributed by atoms with Crippen molar-refractivity contribution in [2.24, 2.45) is 0 Å². The zero-order chi connectivity index (χ0) is 20.0. The van der Waals surface area contributed by atoms with Gasteiger partial charge in [0.05, 0.1) is 21.6 Å². The van der Waals surface area contributed by atoms with Crippen LogP contribution in [-0.4, -0.2) is 38.8 Å². The second-order valence-corrected chi connectivity index (χ2v) is 7.92. The minimum atomic E-state index is -0.251. The van der Waals surface area contributed by atoms with E-state index in [0.29, 0.717) is 59.9 Å². The van der Waals surface area contributed by atoms with Gasteiger partial charge in [0, 0.05) is 17.4 Å². The molecule has 3 rings (SSSR count). The Kier molecular flexibility index (Phi) is 5.36. The van der Waals surface area contributed by atoms with Gasteiger partial charge in [-0.3, -0.25) is 4.79 Å². The summed E-state index contributed by atoms with van der Waals surface area (Å²) in [5, 5.41) is 21.0. The lowest BCUT2D eigenvalue weighted by molar-refractivity contribution is 0.103. The van der Waals surface area contributed by atoms with E-state index in [4.69, 9.17) is 9.15 Å². The molecule has 2 aromatic carbocycles. The van der Waals surface area contributed by atoms with Crippen LogP contribution in [0, 0.1) is 0 Å². The van der Waals surface area contributed by atoms with Crippen molar-refractivity contribution in [1.29, 1.82) is 0 Å². The van der Waals surface area contributed by atoms with Gasteiger partial charge >= 0.3 is 0 Å². The predicted molar refractivity (Wildman–Crippen MR) is 117 cm³/mol. The average Bonchev–Trinajstić information content (AvgIpc) is 3.03. The number of hydrogen-bond acceptors (Lipinski definition) is 5. The van der Waals surface area contributed by atoms with Gasteiger partial charge in [0.1, 0.15) is 32.8 Å². The van der Waals surface area contributed by atoms with Crippen molar-refractivity contribution >= 4 is 75.2 Å². The maximum Gasteiger partial charge on any atom is 0.197 e. The second-order valence-electron chi connectivity index (χ2n) is 6.21. The van der Waals surface area contributed by atoms with E-state index in [1.165, 1.54) is 7.11 Å². The highest BCUT2D eigenvalue weighted by atomic mass is 79.9. The summed E-state index contributed by atoms with van der Waals surface area (Å²) in [6.45, 7) is 1.90. The van der Waals surface area contributed by atoms with Gasteiger partial charge < -0.3 is 19.4 Å². The SMILES string of the molecule is Bc1c(OC)c(O)c(B)c2c(C(=O)c3cc(Br)c(O)c(Br)c3)c(CC)oc12. The van der Waals surface area contributed by atoms with Crippen molar-refractivity contribution in [2.75, 3.05) is 7.11 Å². The van der Waals surface area contributed by atoms with E-state index in [1.807, 2.05) is 6.92 Å². The van der Waals surface area contributed by atoms with Gasteiger partial charge in [-0.2, -0.15) is 0 Å². The summed E-state index contributed by atoms with van der Waals surface area (Å²) >= 11 is 6.52. The Morgan fingerprint density at radius 2 is 1.74 bits per heavy atom. The first-order valence-corrected chi connectivity index (χ1v) is 9.85. The summed E-state index contributed by atoms with van der Waals surface area (Å²) in [6, 6.07) is 3.12. The third-order valence-corrected chi connectivity index (χ3v) is 5.85. The van der Waals surface area contributed by atoms with Crippen LogP contribution in [0.2, 0.25) is 0 Å².